The quantitative estimate of drug-likeness (QED) is 0.242. The van der Waals surface area contributed by atoms with Crippen LogP contribution in [0.4, 0.5) is 0 Å². The van der Waals surface area contributed by atoms with E-state index in [1.54, 1.807) is 29.6 Å². The standard InChI is InChI=1S/C25H21N3O2S2/c1-16-5-7-18(8-6-16)15-31-25-27-21-20-4-3-13-26-23(20)32-22(21)24(29)28(25)14-17-9-11-19(30-2)12-10-17/h3-13H,14-15H2,1-2H3. The molecule has 0 bridgehead atoms. The molecule has 0 N–H and O–H groups in total. The highest BCUT2D eigenvalue weighted by atomic mass is 32.2. The highest BCUT2D eigenvalue weighted by Gasteiger charge is 2.17. The number of pyridine rings is 1. The van der Waals surface area contributed by atoms with Crippen LogP contribution in [0.2, 0.25) is 0 Å². The summed E-state index contributed by atoms with van der Waals surface area (Å²) in [6.07, 6.45) is 1.75. The Bertz CT molecular complexity index is 1460. The van der Waals surface area contributed by atoms with Gasteiger partial charge in [0.1, 0.15) is 15.3 Å². The van der Waals surface area contributed by atoms with E-state index in [9.17, 15) is 4.79 Å². The lowest BCUT2D eigenvalue weighted by Crippen LogP contribution is -2.23. The van der Waals surface area contributed by atoms with Crippen LogP contribution in [0.25, 0.3) is 20.4 Å². The summed E-state index contributed by atoms with van der Waals surface area (Å²) < 4.78 is 7.69. The molecule has 32 heavy (non-hydrogen) atoms. The molecule has 0 radical (unpaired) electrons. The molecule has 2 aromatic carbocycles. The molecule has 7 heteroatoms. The van der Waals surface area contributed by atoms with E-state index in [0.29, 0.717) is 16.4 Å². The topological polar surface area (TPSA) is 57.0 Å². The van der Waals surface area contributed by atoms with Crippen molar-refractivity contribution in [2.75, 3.05) is 7.11 Å². The van der Waals surface area contributed by atoms with Crippen LogP contribution < -0.4 is 10.3 Å². The molecular formula is C25H21N3O2S2. The normalized spacial score (nSPS) is 11.3. The summed E-state index contributed by atoms with van der Waals surface area (Å²) in [6.45, 7) is 2.53. The van der Waals surface area contributed by atoms with Crippen molar-refractivity contribution in [1.29, 1.82) is 0 Å². The third-order valence-corrected chi connectivity index (χ3v) is 7.44. The maximum absolute atomic E-state index is 13.6. The van der Waals surface area contributed by atoms with Gasteiger partial charge < -0.3 is 4.74 Å². The fourth-order valence-corrected chi connectivity index (χ4v) is 5.52. The minimum absolute atomic E-state index is 0.0276. The van der Waals surface area contributed by atoms with Gasteiger partial charge in [0.05, 0.1) is 19.2 Å². The highest BCUT2D eigenvalue weighted by molar-refractivity contribution is 7.98. The van der Waals surface area contributed by atoms with E-state index in [1.165, 1.54) is 22.5 Å². The summed E-state index contributed by atoms with van der Waals surface area (Å²) in [5.74, 6) is 1.53. The van der Waals surface area contributed by atoms with E-state index in [4.69, 9.17) is 9.72 Å². The molecule has 0 spiro atoms. The van der Waals surface area contributed by atoms with E-state index in [2.05, 4.69) is 36.2 Å². The Labute approximate surface area is 193 Å². The fraction of sp³-hybridized carbons (Fsp3) is 0.160. The SMILES string of the molecule is COc1ccc(Cn2c(SCc3ccc(C)cc3)nc3c(sc4ncccc43)c2=O)cc1. The lowest BCUT2D eigenvalue weighted by atomic mass is 10.2. The number of thiophene rings is 1. The molecule has 0 atom stereocenters. The molecule has 160 valence electrons. The number of benzene rings is 2. The molecule has 0 aliphatic carbocycles. The van der Waals surface area contributed by atoms with Gasteiger partial charge in [-0.15, -0.1) is 11.3 Å². The molecule has 5 nitrogen and oxygen atoms in total. The first-order valence-electron chi connectivity index (χ1n) is 10.2. The molecule has 0 aliphatic heterocycles. The number of rotatable bonds is 6. The molecule has 5 aromatic rings. The predicted molar refractivity (Wildman–Crippen MR) is 132 cm³/mol. The first-order valence-corrected chi connectivity index (χ1v) is 12.0. The number of nitrogens with zero attached hydrogens (tertiary/aromatic N) is 3. The van der Waals surface area contributed by atoms with Gasteiger partial charge in [-0.3, -0.25) is 9.36 Å². The summed E-state index contributed by atoms with van der Waals surface area (Å²) >= 11 is 2.99. The number of hydrogen-bond donors (Lipinski definition) is 0. The lowest BCUT2D eigenvalue weighted by molar-refractivity contribution is 0.414. The van der Waals surface area contributed by atoms with Gasteiger partial charge >= 0.3 is 0 Å². The van der Waals surface area contributed by atoms with Crippen LogP contribution in [0.1, 0.15) is 16.7 Å². The van der Waals surface area contributed by atoms with Crippen LogP contribution in [0.5, 0.6) is 5.75 Å². The average Bonchev–Trinajstić information content (AvgIpc) is 3.20. The molecule has 0 aliphatic rings. The van der Waals surface area contributed by atoms with Crippen LogP contribution in [-0.4, -0.2) is 21.6 Å². The number of methoxy groups -OCH3 is 1. The molecule has 0 saturated carbocycles. The molecule has 5 rings (SSSR count). The van der Waals surface area contributed by atoms with E-state index >= 15 is 0 Å². The van der Waals surface area contributed by atoms with Crippen LogP contribution in [0, 0.1) is 6.92 Å². The number of aromatic nitrogens is 3. The first kappa shape index (κ1) is 20.7. The van der Waals surface area contributed by atoms with Crippen molar-refractivity contribution in [1.82, 2.24) is 14.5 Å². The van der Waals surface area contributed by atoms with Crippen LogP contribution >= 0.6 is 23.1 Å². The second-order valence-corrected chi connectivity index (χ2v) is 9.49. The minimum Gasteiger partial charge on any atom is -0.497 e. The van der Waals surface area contributed by atoms with Crippen molar-refractivity contribution in [2.45, 2.75) is 24.4 Å². The Morgan fingerprint density at radius 3 is 2.53 bits per heavy atom. The molecule has 0 fully saturated rings. The van der Waals surface area contributed by atoms with E-state index < -0.39 is 0 Å². The Balaban J connectivity index is 1.60. The summed E-state index contributed by atoms with van der Waals surface area (Å²) in [4.78, 5) is 23.8. The van der Waals surface area contributed by atoms with Crippen molar-refractivity contribution in [3.8, 4) is 5.75 Å². The van der Waals surface area contributed by atoms with Gasteiger partial charge in [-0.1, -0.05) is 53.7 Å². The zero-order valence-corrected chi connectivity index (χ0v) is 19.4. The molecular weight excluding hydrogens is 438 g/mol. The molecule has 0 saturated heterocycles. The van der Waals surface area contributed by atoms with Crippen molar-refractivity contribution in [3.05, 3.63) is 93.9 Å². The van der Waals surface area contributed by atoms with Gasteiger partial charge in [-0.25, -0.2) is 9.97 Å². The summed E-state index contributed by atoms with van der Waals surface area (Å²) in [5.41, 5.74) is 4.15. The molecule has 0 unspecified atom stereocenters. The number of aryl methyl sites for hydroxylation is 1. The Morgan fingerprint density at radius 2 is 1.78 bits per heavy atom. The van der Waals surface area contributed by atoms with Crippen LogP contribution in [0.15, 0.2) is 76.8 Å². The Kier molecular flexibility index (Phi) is 5.68. The Morgan fingerprint density at radius 1 is 1.03 bits per heavy atom. The van der Waals surface area contributed by atoms with Gasteiger partial charge in [0.2, 0.25) is 0 Å². The fourth-order valence-electron chi connectivity index (χ4n) is 3.54. The van der Waals surface area contributed by atoms with Gasteiger partial charge in [0, 0.05) is 17.3 Å². The minimum atomic E-state index is -0.0276. The molecule has 3 aromatic heterocycles. The van der Waals surface area contributed by atoms with E-state index in [1.807, 2.05) is 36.4 Å². The third-order valence-electron chi connectivity index (χ3n) is 5.31. The summed E-state index contributed by atoms with van der Waals surface area (Å²) in [6, 6.07) is 20.1. The second-order valence-electron chi connectivity index (χ2n) is 7.54. The van der Waals surface area contributed by atoms with Crippen molar-refractivity contribution >= 4 is 43.5 Å². The van der Waals surface area contributed by atoms with Crippen molar-refractivity contribution in [2.24, 2.45) is 0 Å². The zero-order valence-electron chi connectivity index (χ0n) is 17.7. The van der Waals surface area contributed by atoms with Gasteiger partial charge in [-0.2, -0.15) is 0 Å². The van der Waals surface area contributed by atoms with Crippen molar-refractivity contribution < 1.29 is 4.74 Å². The maximum Gasteiger partial charge on any atom is 0.272 e. The zero-order chi connectivity index (χ0) is 22.1. The average molecular weight is 460 g/mol. The van der Waals surface area contributed by atoms with Crippen molar-refractivity contribution in [3.63, 3.8) is 0 Å². The number of fused-ring (bicyclic) bond motifs is 3. The number of ether oxygens (including phenoxy) is 1. The predicted octanol–water partition coefficient (Wildman–Crippen LogP) is 5.66. The lowest BCUT2D eigenvalue weighted by Gasteiger charge is -2.13. The number of thioether (sulfide) groups is 1. The van der Waals surface area contributed by atoms with E-state index in [0.717, 1.165) is 32.8 Å². The highest BCUT2D eigenvalue weighted by Crippen LogP contribution is 2.31. The monoisotopic (exact) mass is 459 g/mol. The second kappa shape index (κ2) is 8.76. The van der Waals surface area contributed by atoms with Crippen LogP contribution in [0.3, 0.4) is 0 Å². The molecule has 3 heterocycles. The number of hydrogen-bond acceptors (Lipinski definition) is 6. The molecule has 0 amide bonds. The van der Waals surface area contributed by atoms with Crippen LogP contribution in [-0.2, 0) is 12.3 Å². The summed E-state index contributed by atoms with van der Waals surface area (Å²) in [7, 11) is 1.65. The van der Waals surface area contributed by atoms with Gasteiger partial charge in [-0.05, 0) is 42.3 Å². The Hall–Kier alpha value is -3.16. The van der Waals surface area contributed by atoms with E-state index in [-0.39, 0.29) is 5.56 Å². The largest absolute Gasteiger partial charge is 0.497 e. The summed E-state index contributed by atoms with van der Waals surface area (Å²) in [5, 5.41) is 1.64. The maximum atomic E-state index is 13.6. The first-order chi connectivity index (χ1) is 15.6. The van der Waals surface area contributed by atoms with Gasteiger partial charge in [0.15, 0.2) is 5.16 Å². The van der Waals surface area contributed by atoms with Gasteiger partial charge in [0.25, 0.3) is 5.56 Å². The third kappa shape index (κ3) is 4.01. The smallest absolute Gasteiger partial charge is 0.272 e.